The SMILES string of the molecule is COc1ccc(-c2nnn(Cc3ccc(Cl)cc3Cl)n2)cc1. The third-order valence-corrected chi connectivity index (χ3v) is 3.71. The van der Waals surface area contributed by atoms with Crippen molar-refractivity contribution in [2.24, 2.45) is 0 Å². The van der Waals surface area contributed by atoms with Crippen molar-refractivity contribution in [1.82, 2.24) is 20.2 Å². The van der Waals surface area contributed by atoms with Crippen LogP contribution in [0.15, 0.2) is 42.5 Å². The average molecular weight is 335 g/mol. The smallest absolute Gasteiger partial charge is 0.204 e. The fourth-order valence-electron chi connectivity index (χ4n) is 1.97. The van der Waals surface area contributed by atoms with Crippen molar-refractivity contribution in [3.63, 3.8) is 0 Å². The molecule has 0 aliphatic rings. The minimum atomic E-state index is 0.430. The van der Waals surface area contributed by atoms with Crippen molar-refractivity contribution in [3.8, 4) is 17.1 Å². The zero-order valence-electron chi connectivity index (χ0n) is 11.7. The zero-order valence-corrected chi connectivity index (χ0v) is 13.2. The Morgan fingerprint density at radius 2 is 1.86 bits per heavy atom. The first-order chi connectivity index (χ1) is 10.7. The lowest BCUT2D eigenvalue weighted by Crippen LogP contribution is -2.04. The molecule has 0 unspecified atom stereocenters. The van der Waals surface area contributed by atoms with E-state index in [1.807, 2.05) is 30.3 Å². The number of aromatic nitrogens is 4. The van der Waals surface area contributed by atoms with E-state index in [0.717, 1.165) is 16.9 Å². The minimum absolute atomic E-state index is 0.430. The van der Waals surface area contributed by atoms with Crippen molar-refractivity contribution in [1.29, 1.82) is 0 Å². The Labute approximate surface area is 137 Å². The van der Waals surface area contributed by atoms with Crippen LogP contribution in [0, 0.1) is 0 Å². The second-order valence-electron chi connectivity index (χ2n) is 4.61. The van der Waals surface area contributed by atoms with Gasteiger partial charge in [-0.15, -0.1) is 10.2 Å². The number of tetrazole rings is 1. The fraction of sp³-hybridized carbons (Fsp3) is 0.133. The van der Waals surface area contributed by atoms with Gasteiger partial charge in [-0.25, -0.2) is 0 Å². The van der Waals surface area contributed by atoms with E-state index in [1.54, 1.807) is 19.2 Å². The molecule has 0 atom stereocenters. The van der Waals surface area contributed by atoms with Gasteiger partial charge in [0.1, 0.15) is 5.75 Å². The molecule has 1 heterocycles. The van der Waals surface area contributed by atoms with Gasteiger partial charge in [0.15, 0.2) is 0 Å². The molecule has 1 aromatic heterocycles. The number of benzene rings is 2. The van der Waals surface area contributed by atoms with Gasteiger partial charge in [0, 0.05) is 15.6 Å². The van der Waals surface area contributed by atoms with Crippen molar-refractivity contribution in [2.75, 3.05) is 7.11 Å². The molecule has 0 amide bonds. The molecule has 0 saturated heterocycles. The minimum Gasteiger partial charge on any atom is -0.497 e. The number of hydrogen-bond acceptors (Lipinski definition) is 4. The predicted octanol–water partition coefficient (Wildman–Crippen LogP) is 3.70. The van der Waals surface area contributed by atoms with E-state index < -0.39 is 0 Å². The molecule has 2 aromatic carbocycles. The summed E-state index contributed by atoms with van der Waals surface area (Å²) in [5, 5.41) is 13.6. The van der Waals surface area contributed by atoms with Crippen molar-refractivity contribution in [2.45, 2.75) is 6.54 Å². The molecule has 5 nitrogen and oxygen atoms in total. The highest BCUT2D eigenvalue weighted by molar-refractivity contribution is 6.35. The van der Waals surface area contributed by atoms with E-state index in [4.69, 9.17) is 27.9 Å². The van der Waals surface area contributed by atoms with Crippen LogP contribution < -0.4 is 4.74 Å². The van der Waals surface area contributed by atoms with Crippen LogP contribution in [0.25, 0.3) is 11.4 Å². The van der Waals surface area contributed by atoms with Gasteiger partial charge >= 0.3 is 0 Å². The molecule has 0 bridgehead atoms. The molecular formula is C15H12Cl2N4O. The van der Waals surface area contributed by atoms with E-state index >= 15 is 0 Å². The summed E-state index contributed by atoms with van der Waals surface area (Å²) in [5.41, 5.74) is 1.75. The number of methoxy groups -OCH3 is 1. The number of hydrogen-bond donors (Lipinski definition) is 0. The topological polar surface area (TPSA) is 52.8 Å². The summed E-state index contributed by atoms with van der Waals surface area (Å²) in [6, 6.07) is 12.8. The van der Waals surface area contributed by atoms with Gasteiger partial charge in [-0.05, 0) is 47.2 Å². The second-order valence-corrected chi connectivity index (χ2v) is 5.45. The summed E-state index contributed by atoms with van der Waals surface area (Å²) in [5.74, 6) is 1.33. The van der Waals surface area contributed by atoms with Crippen LogP contribution in [0.3, 0.4) is 0 Å². The lowest BCUT2D eigenvalue weighted by atomic mass is 10.2. The predicted molar refractivity (Wildman–Crippen MR) is 85.4 cm³/mol. The molecule has 22 heavy (non-hydrogen) atoms. The zero-order chi connectivity index (χ0) is 15.5. The Morgan fingerprint density at radius 1 is 1.09 bits per heavy atom. The summed E-state index contributed by atoms with van der Waals surface area (Å²) in [6.07, 6.45) is 0. The van der Waals surface area contributed by atoms with Crippen LogP contribution in [0.4, 0.5) is 0 Å². The van der Waals surface area contributed by atoms with Crippen LogP contribution in [0.1, 0.15) is 5.56 Å². The van der Waals surface area contributed by atoms with Gasteiger partial charge in [-0.1, -0.05) is 29.3 Å². The van der Waals surface area contributed by atoms with Crippen LogP contribution >= 0.6 is 23.2 Å². The molecule has 0 aliphatic heterocycles. The van der Waals surface area contributed by atoms with Crippen molar-refractivity contribution in [3.05, 3.63) is 58.1 Å². The normalized spacial score (nSPS) is 10.7. The highest BCUT2D eigenvalue weighted by Crippen LogP contribution is 2.22. The Bertz CT molecular complexity index is 786. The maximum Gasteiger partial charge on any atom is 0.204 e. The maximum atomic E-state index is 6.15. The second kappa shape index (κ2) is 6.34. The molecule has 3 aromatic rings. The third-order valence-electron chi connectivity index (χ3n) is 3.13. The van der Waals surface area contributed by atoms with E-state index in [0.29, 0.717) is 22.4 Å². The standard InChI is InChI=1S/C15H12Cl2N4O/c1-22-13-6-3-10(4-7-13)15-18-20-21(19-15)9-11-2-5-12(16)8-14(11)17/h2-8H,9H2,1H3. The van der Waals surface area contributed by atoms with Crippen molar-refractivity contribution >= 4 is 23.2 Å². The molecule has 0 spiro atoms. The number of halogens is 2. The maximum absolute atomic E-state index is 6.15. The molecule has 0 aliphatic carbocycles. The summed E-state index contributed by atoms with van der Waals surface area (Å²) >= 11 is 12.0. The van der Waals surface area contributed by atoms with Crippen LogP contribution in [0.2, 0.25) is 10.0 Å². The highest BCUT2D eigenvalue weighted by atomic mass is 35.5. The summed E-state index contributed by atoms with van der Waals surface area (Å²) < 4.78 is 5.12. The van der Waals surface area contributed by atoms with Gasteiger partial charge in [0.2, 0.25) is 5.82 Å². The molecular weight excluding hydrogens is 323 g/mol. The third kappa shape index (κ3) is 3.21. The highest BCUT2D eigenvalue weighted by Gasteiger charge is 2.08. The van der Waals surface area contributed by atoms with E-state index in [-0.39, 0.29) is 0 Å². The molecule has 0 fully saturated rings. The van der Waals surface area contributed by atoms with Crippen molar-refractivity contribution < 1.29 is 4.74 Å². The Morgan fingerprint density at radius 3 is 2.55 bits per heavy atom. The molecule has 112 valence electrons. The molecule has 7 heteroatoms. The lowest BCUT2D eigenvalue weighted by Gasteiger charge is -2.03. The number of rotatable bonds is 4. The quantitative estimate of drug-likeness (QED) is 0.729. The molecule has 0 N–H and O–H groups in total. The van der Waals surface area contributed by atoms with E-state index in [1.165, 1.54) is 4.80 Å². The molecule has 0 radical (unpaired) electrons. The van der Waals surface area contributed by atoms with Gasteiger partial charge in [0.25, 0.3) is 0 Å². The largest absolute Gasteiger partial charge is 0.497 e. The fourth-order valence-corrected chi connectivity index (χ4v) is 2.44. The monoisotopic (exact) mass is 334 g/mol. The average Bonchev–Trinajstić information content (AvgIpc) is 2.99. The van der Waals surface area contributed by atoms with Crippen LogP contribution in [-0.2, 0) is 6.54 Å². The summed E-state index contributed by atoms with van der Waals surface area (Å²) in [4.78, 5) is 1.49. The first-order valence-electron chi connectivity index (χ1n) is 6.52. The number of nitrogens with zero attached hydrogens (tertiary/aromatic N) is 4. The van der Waals surface area contributed by atoms with E-state index in [2.05, 4.69) is 15.4 Å². The van der Waals surface area contributed by atoms with Gasteiger partial charge < -0.3 is 4.74 Å². The van der Waals surface area contributed by atoms with Crippen LogP contribution in [-0.4, -0.2) is 27.3 Å². The van der Waals surface area contributed by atoms with Gasteiger partial charge in [-0.3, -0.25) is 0 Å². The molecule has 0 saturated carbocycles. The lowest BCUT2D eigenvalue weighted by molar-refractivity contribution is 0.415. The summed E-state index contributed by atoms with van der Waals surface area (Å²) in [7, 11) is 1.62. The van der Waals surface area contributed by atoms with Gasteiger partial charge in [-0.2, -0.15) is 4.80 Å². The first-order valence-corrected chi connectivity index (χ1v) is 7.27. The van der Waals surface area contributed by atoms with Crippen LogP contribution in [0.5, 0.6) is 5.75 Å². The Balaban J connectivity index is 1.81. The number of ether oxygens (including phenoxy) is 1. The van der Waals surface area contributed by atoms with E-state index in [9.17, 15) is 0 Å². The summed E-state index contributed by atoms with van der Waals surface area (Å²) in [6.45, 7) is 0.430. The first kappa shape index (κ1) is 14.8. The van der Waals surface area contributed by atoms with Gasteiger partial charge in [0.05, 0.1) is 13.7 Å². The Kier molecular flexibility index (Phi) is 4.27. The molecule has 3 rings (SSSR count). The Hall–Kier alpha value is -2.11.